The average molecular weight is 931 g/mol. The van der Waals surface area contributed by atoms with Gasteiger partial charge in [0.05, 0.1) is 34.8 Å². The first kappa shape index (κ1) is 46.2. The van der Waals surface area contributed by atoms with Gasteiger partial charge in [-0.2, -0.15) is 0 Å². The highest BCUT2D eigenvalue weighted by atomic mass is 16.5. The van der Waals surface area contributed by atoms with Gasteiger partial charge in [-0.3, -0.25) is 8.80 Å². The maximum atomic E-state index is 6.98. The van der Waals surface area contributed by atoms with Gasteiger partial charge in [0.2, 0.25) is 0 Å². The van der Waals surface area contributed by atoms with Crippen LogP contribution in [0.4, 0.5) is 0 Å². The summed E-state index contributed by atoms with van der Waals surface area (Å²) >= 11 is 0. The minimum atomic E-state index is 0.325. The Balaban J connectivity index is 1.12. The van der Waals surface area contributed by atoms with Crippen LogP contribution >= 0.6 is 0 Å². The molecule has 0 amide bonds. The number of hydrogen-bond donors (Lipinski definition) is 0. The molecule has 0 unspecified atom stereocenters. The zero-order valence-corrected chi connectivity index (χ0v) is 43.5. The molecule has 5 nitrogen and oxygen atoms in total. The van der Waals surface area contributed by atoms with Crippen LogP contribution < -0.4 is 4.74 Å². The first-order chi connectivity index (χ1) is 34.2. The number of para-hydroxylation sites is 1. The molecular formula is C66H66N4O. The standard InChI is InChI=1S/C66H66N4O/c1-37(2)46-19-15-20-47(38(3)4)62(46)43-26-29-55-53-31-28-45(34-57(53)66-68-36-61(70(66)59(55)32-43)64-50(41(9)10)23-17-24-51(64)42(11)12)71-44-27-30-52-54-18-13-14-25-58(54)69-60(35-67-65(69)56(52)33-44)63-48(39(5)6)21-16-22-49(63)40(7)8/h13-42H,1-12H3. The van der Waals surface area contributed by atoms with E-state index in [-0.39, 0.29) is 0 Å². The fraction of sp³-hybridized carbons (Fsp3) is 0.273. The first-order valence-corrected chi connectivity index (χ1v) is 26.0. The Labute approximate surface area is 419 Å². The van der Waals surface area contributed by atoms with Crippen molar-refractivity contribution in [3.8, 4) is 45.1 Å². The molecule has 11 rings (SSSR count). The maximum Gasteiger partial charge on any atom is 0.145 e. The summed E-state index contributed by atoms with van der Waals surface area (Å²) in [5.41, 5.74) is 19.6. The maximum absolute atomic E-state index is 6.98. The third-order valence-electron chi connectivity index (χ3n) is 15.1. The summed E-state index contributed by atoms with van der Waals surface area (Å²) in [5.74, 6) is 3.62. The van der Waals surface area contributed by atoms with Gasteiger partial charge in [-0.05, 0) is 139 Å². The van der Waals surface area contributed by atoms with Gasteiger partial charge >= 0.3 is 0 Å². The molecule has 0 bridgehead atoms. The lowest BCUT2D eigenvalue weighted by Gasteiger charge is -2.22. The molecule has 0 aliphatic carbocycles. The summed E-state index contributed by atoms with van der Waals surface area (Å²) < 4.78 is 11.8. The quantitative estimate of drug-likeness (QED) is 0.121. The lowest BCUT2D eigenvalue weighted by atomic mass is 9.84. The molecule has 0 radical (unpaired) electrons. The molecule has 356 valence electrons. The van der Waals surface area contributed by atoms with Gasteiger partial charge in [0.15, 0.2) is 0 Å². The first-order valence-electron chi connectivity index (χ1n) is 26.0. The van der Waals surface area contributed by atoms with E-state index in [1.807, 2.05) is 0 Å². The number of imidazole rings is 2. The lowest BCUT2D eigenvalue weighted by molar-refractivity contribution is 0.484. The Morgan fingerprint density at radius 3 is 1.15 bits per heavy atom. The molecule has 4 heterocycles. The van der Waals surface area contributed by atoms with Gasteiger partial charge in [-0.1, -0.05) is 168 Å². The Morgan fingerprint density at radius 1 is 0.338 bits per heavy atom. The zero-order valence-electron chi connectivity index (χ0n) is 43.5. The van der Waals surface area contributed by atoms with Gasteiger partial charge in [0, 0.05) is 32.7 Å². The molecule has 7 aromatic carbocycles. The number of hydrogen-bond acceptors (Lipinski definition) is 3. The van der Waals surface area contributed by atoms with Crippen molar-refractivity contribution in [2.75, 3.05) is 0 Å². The van der Waals surface area contributed by atoms with Crippen LogP contribution in [0.25, 0.3) is 88.3 Å². The summed E-state index contributed by atoms with van der Waals surface area (Å²) in [4.78, 5) is 10.6. The smallest absolute Gasteiger partial charge is 0.145 e. The van der Waals surface area contributed by atoms with Gasteiger partial charge in [-0.25, -0.2) is 9.97 Å². The second-order valence-electron chi connectivity index (χ2n) is 21.7. The van der Waals surface area contributed by atoms with Crippen molar-refractivity contribution >= 4 is 54.6 Å². The summed E-state index contributed by atoms with van der Waals surface area (Å²) in [6.07, 6.45) is 4.20. The monoisotopic (exact) mass is 931 g/mol. The highest BCUT2D eigenvalue weighted by Crippen LogP contribution is 2.45. The summed E-state index contributed by atoms with van der Waals surface area (Å²) in [7, 11) is 0. The van der Waals surface area contributed by atoms with Crippen molar-refractivity contribution < 1.29 is 4.74 Å². The number of rotatable bonds is 11. The van der Waals surface area contributed by atoms with Crippen LogP contribution in [0.3, 0.4) is 0 Å². The minimum Gasteiger partial charge on any atom is -0.457 e. The number of fused-ring (bicyclic) bond motifs is 12. The van der Waals surface area contributed by atoms with Crippen LogP contribution in [0.15, 0.2) is 146 Å². The highest BCUT2D eigenvalue weighted by Gasteiger charge is 2.25. The van der Waals surface area contributed by atoms with E-state index in [0.717, 1.165) is 66.8 Å². The van der Waals surface area contributed by atoms with Gasteiger partial charge in [-0.15, -0.1) is 0 Å². The highest BCUT2D eigenvalue weighted by molar-refractivity contribution is 6.14. The fourth-order valence-corrected chi connectivity index (χ4v) is 11.6. The molecule has 0 aliphatic rings. The van der Waals surface area contributed by atoms with Crippen LogP contribution in [-0.2, 0) is 0 Å². The summed E-state index contributed by atoms with van der Waals surface area (Å²) in [5, 5.41) is 6.74. The molecule has 0 N–H and O–H groups in total. The van der Waals surface area contributed by atoms with Crippen molar-refractivity contribution in [1.82, 2.24) is 18.8 Å². The van der Waals surface area contributed by atoms with Gasteiger partial charge < -0.3 is 4.74 Å². The Bertz CT molecular complexity index is 3800. The van der Waals surface area contributed by atoms with Crippen LogP contribution in [0.2, 0.25) is 0 Å². The van der Waals surface area contributed by atoms with Crippen molar-refractivity contribution in [1.29, 1.82) is 0 Å². The van der Waals surface area contributed by atoms with Crippen LogP contribution in [-0.4, -0.2) is 18.8 Å². The van der Waals surface area contributed by atoms with Crippen molar-refractivity contribution in [3.63, 3.8) is 0 Å². The largest absolute Gasteiger partial charge is 0.457 e. The van der Waals surface area contributed by atoms with Crippen molar-refractivity contribution in [2.24, 2.45) is 0 Å². The molecule has 71 heavy (non-hydrogen) atoms. The lowest BCUT2D eigenvalue weighted by Crippen LogP contribution is -2.03. The molecule has 0 saturated carbocycles. The second kappa shape index (κ2) is 17.9. The average Bonchev–Trinajstić information content (AvgIpc) is 4.02. The Hall–Kier alpha value is -7.24. The number of ether oxygens (including phenoxy) is 1. The zero-order chi connectivity index (χ0) is 49.6. The molecule has 0 aliphatic heterocycles. The molecule has 0 spiro atoms. The Kier molecular flexibility index (Phi) is 11.6. The van der Waals surface area contributed by atoms with Gasteiger partial charge in [0.25, 0.3) is 0 Å². The van der Waals surface area contributed by atoms with E-state index in [0.29, 0.717) is 35.5 Å². The second-order valence-corrected chi connectivity index (χ2v) is 21.7. The fourth-order valence-electron chi connectivity index (χ4n) is 11.6. The molecule has 4 aromatic heterocycles. The van der Waals surface area contributed by atoms with Gasteiger partial charge in [0.1, 0.15) is 22.8 Å². The summed E-state index contributed by atoms with van der Waals surface area (Å²) in [6, 6.07) is 49.3. The van der Waals surface area contributed by atoms with E-state index >= 15 is 0 Å². The third kappa shape index (κ3) is 7.59. The molecule has 0 saturated heterocycles. The molecule has 5 heteroatoms. The predicted octanol–water partition coefficient (Wildman–Crippen LogP) is 19.1. The van der Waals surface area contributed by atoms with E-state index in [9.17, 15) is 0 Å². The topological polar surface area (TPSA) is 43.8 Å². The minimum absolute atomic E-state index is 0.325. The van der Waals surface area contributed by atoms with E-state index in [4.69, 9.17) is 14.7 Å². The van der Waals surface area contributed by atoms with Crippen molar-refractivity contribution in [2.45, 2.75) is 119 Å². The summed E-state index contributed by atoms with van der Waals surface area (Å²) in [6.45, 7) is 27.6. The van der Waals surface area contributed by atoms with E-state index in [1.54, 1.807) is 0 Å². The number of aromatic nitrogens is 4. The number of benzene rings is 7. The predicted molar refractivity (Wildman–Crippen MR) is 301 cm³/mol. The molecule has 11 aromatic rings. The Morgan fingerprint density at radius 2 is 0.718 bits per heavy atom. The molecular weight excluding hydrogens is 865 g/mol. The molecule has 0 fully saturated rings. The van der Waals surface area contributed by atoms with E-state index in [1.165, 1.54) is 66.4 Å². The van der Waals surface area contributed by atoms with E-state index < -0.39 is 0 Å². The number of pyridine rings is 2. The van der Waals surface area contributed by atoms with Crippen molar-refractivity contribution in [3.05, 3.63) is 179 Å². The van der Waals surface area contributed by atoms with E-state index in [2.05, 4.69) is 238 Å². The third-order valence-corrected chi connectivity index (χ3v) is 15.1. The van der Waals surface area contributed by atoms with Crippen LogP contribution in [0.1, 0.15) is 152 Å². The van der Waals surface area contributed by atoms with Crippen LogP contribution in [0, 0.1) is 0 Å². The normalized spacial score (nSPS) is 12.4. The van der Waals surface area contributed by atoms with Crippen LogP contribution in [0.5, 0.6) is 11.5 Å². The SMILES string of the molecule is CC(C)c1cccc(C(C)C)c1-c1ccc2c3ccc(Oc4ccc5c6ccccc6n6c(-c7c(C(C)C)cccc7C(C)C)cnc6c5c4)cc3c3ncc(-c4c(C(C)C)cccc4C(C)C)n3c2c1. The molecule has 0 atom stereocenters. The number of nitrogens with zero attached hydrogens (tertiary/aromatic N) is 4.